The molecule has 0 radical (unpaired) electrons. The molecule has 0 aliphatic heterocycles. The van der Waals surface area contributed by atoms with E-state index in [2.05, 4.69) is 5.32 Å². The molecular formula is C13H18FN3O4. The van der Waals surface area contributed by atoms with Gasteiger partial charge in [-0.25, -0.2) is 4.39 Å². The molecule has 0 aromatic heterocycles. The average Bonchev–Trinajstić information content (AvgIpc) is 2.37. The molecule has 0 saturated heterocycles. The van der Waals surface area contributed by atoms with Crippen LogP contribution in [0.5, 0.6) is 0 Å². The lowest BCUT2D eigenvalue weighted by Crippen LogP contribution is -2.30. The molecule has 0 bridgehead atoms. The summed E-state index contributed by atoms with van der Waals surface area (Å²) in [7, 11) is 0. The second-order valence-electron chi connectivity index (χ2n) is 5.04. The average molecular weight is 299 g/mol. The maximum absolute atomic E-state index is 13.3. The van der Waals surface area contributed by atoms with Crippen LogP contribution >= 0.6 is 0 Å². The number of amides is 1. The monoisotopic (exact) mass is 299 g/mol. The largest absolute Gasteiger partial charge is 0.393 e. The highest BCUT2D eigenvalue weighted by molar-refractivity contribution is 6.01. The van der Waals surface area contributed by atoms with Gasteiger partial charge in [0.05, 0.1) is 22.7 Å². The molecule has 21 heavy (non-hydrogen) atoms. The number of nitrogens with zero attached hydrogens (tertiary/aromatic N) is 1. The van der Waals surface area contributed by atoms with Gasteiger partial charge in [0.25, 0.3) is 11.6 Å². The van der Waals surface area contributed by atoms with Gasteiger partial charge >= 0.3 is 0 Å². The molecule has 4 N–H and O–H groups in total. The molecule has 7 nitrogen and oxygen atoms in total. The molecule has 8 heteroatoms. The van der Waals surface area contributed by atoms with Gasteiger partial charge in [0.15, 0.2) is 0 Å². The van der Waals surface area contributed by atoms with E-state index in [-0.39, 0.29) is 23.7 Å². The Hall–Kier alpha value is -2.22. The van der Waals surface area contributed by atoms with E-state index in [4.69, 9.17) is 5.73 Å². The minimum atomic E-state index is -0.905. The molecule has 0 aliphatic carbocycles. The van der Waals surface area contributed by atoms with Crippen molar-refractivity contribution in [3.05, 3.63) is 33.6 Å². The third-order valence-corrected chi connectivity index (χ3v) is 2.92. The minimum absolute atomic E-state index is 0.00119. The van der Waals surface area contributed by atoms with Crippen molar-refractivity contribution in [3.63, 3.8) is 0 Å². The molecule has 2 unspecified atom stereocenters. The molecule has 0 heterocycles. The van der Waals surface area contributed by atoms with Crippen molar-refractivity contribution in [2.24, 2.45) is 5.92 Å². The Kier molecular flexibility index (Phi) is 5.60. The zero-order valence-corrected chi connectivity index (χ0v) is 11.8. The summed E-state index contributed by atoms with van der Waals surface area (Å²) in [5.74, 6) is -1.59. The number of nitrogen functional groups attached to an aromatic ring is 1. The number of hydrogen-bond donors (Lipinski definition) is 3. The SMILES string of the molecule is CC(O)CC(C)CNC(=O)c1cc(F)cc([N+](=O)[O-])c1N. The summed E-state index contributed by atoms with van der Waals surface area (Å²) < 4.78 is 13.3. The maximum atomic E-state index is 13.3. The zero-order valence-electron chi connectivity index (χ0n) is 11.8. The quantitative estimate of drug-likeness (QED) is 0.417. The number of carbonyl (C=O) groups excluding carboxylic acids is 1. The van der Waals surface area contributed by atoms with E-state index in [1.807, 2.05) is 6.92 Å². The van der Waals surface area contributed by atoms with E-state index in [0.29, 0.717) is 12.5 Å². The van der Waals surface area contributed by atoms with Crippen LogP contribution in [-0.4, -0.2) is 28.6 Å². The van der Waals surface area contributed by atoms with Crippen LogP contribution in [0.4, 0.5) is 15.8 Å². The number of aliphatic hydroxyl groups is 1. The van der Waals surface area contributed by atoms with E-state index in [9.17, 15) is 24.4 Å². The van der Waals surface area contributed by atoms with Crippen LogP contribution < -0.4 is 11.1 Å². The minimum Gasteiger partial charge on any atom is -0.393 e. The van der Waals surface area contributed by atoms with Crippen molar-refractivity contribution in [2.75, 3.05) is 12.3 Å². The van der Waals surface area contributed by atoms with E-state index < -0.39 is 28.4 Å². The fourth-order valence-electron chi connectivity index (χ4n) is 1.97. The lowest BCUT2D eigenvalue weighted by molar-refractivity contribution is -0.384. The Balaban J connectivity index is 2.86. The summed E-state index contributed by atoms with van der Waals surface area (Å²) in [6.45, 7) is 3.70. The molecule has 0 spiro atoms. The molecule has 1 amide bonds. The van der Waals surface area contributed by atoms with Crippen molar-refractivity contribution in [1.82, 2.24) is 5.32 Å². The predicted molar refractivity (Wildman–Crippen MR) is 75.3 cm³/mol. The van der Waals surface area contributed by atoms with Crippen molar-refractivity contribution in [1.29, 1.82) is 0 Å². The molecule has 1 rings (SSSR count). The van der Waals surface area contributed by atoms with Gasteiger partial charge in [0.2, 0.25) is 0 Å². The van der Waals surface area contributed by atoms with E-state index >= 15 is 0 Å². The third-order valence-electron chi connectivity index (χ3n) is 2.92. The first-order chi connectivity index (χ1) is 9.72. The van der Waals surface area contributed by atoms with Crippen molar-refractivity contribution in [3.8, 4) is 0 Å². The second-order valence-corrected chi connectivity index (χ2v) is 5.04. The van der Waals surface area contributed by atoms with Crippen molar-refractivity contribution >= 4 is 17.3 Å². The van der Waals surface area contributed by atoms with E-state index in [1.165, 1.54) is 0 Å². The molecule has 1 aromatic carbocycles. The van der Waals surface area contributed by atoms with Crippen LogP contribution in [-0.2, 0) is 0 Å². The number of nitrogens with two attached hydrogens (primary N) is 1. The van der Waals surface area contributed by atoms with Gasteiger partial charge in [0, 0.05) is 6.54 Å². The van der Waals surface area contributed by atoms with Gasteiger partial charge in [-0.2, -0.15) is 0 Å². The lowest BCUT2D eigenvalue weighted by atomic mass is 10.0. The third kappa shape index (κ3) is 4.67. The van der Waals surface area contributed by atoms with E-state index in [0.717, 1.165) is 6.07 Å². The van der Waals surface area contributed by atoms with Crippen molar-refractivity contribution in [2.45, 2.75) is 26.4 Å². The number of aliphatic hydroxyl groups excluding tert-OH is 1. The highest BCUT2D eigenvalue weighted by atomic mass is 19.1. The second kappa shape index (κ2) is 6.98. The molecular weight excluding hydrogens is 281 g/mol. The molecule has 116 valence electrons. The van der Waals surface area contributed by atoms with Crippen LogP contribution in [0, 0.1) is 21.8 Å². The summed E-state index contributed by atoms with van der Waals surface area (Å²) in [5.41, 5.74) is 4.25. The highest BCUT2D eigenvalue weighted by Gasteiger charge is 2.22. The van der Waals surface area contributed by atoms with Crippen LogP contribution in [0.1, 0.15) is 30.6 Å². The predicted octanol–water partition coefficient (Wildman–Crippen LogP) is 1.45. The Morgan fingerprint density at radius 2 is 2.14 bits per heavy atom. The summed E-state index contributed by atoms with van der Waals surface area (Å²) in [4.78, 5) is 21.8. The van der Waals surface area contributed by atoms with Crippen LogP contribution in [0.2, 0.25) is 0 Å². The highest BCUT2D eigenvalue weighted by Crippen LogP contribution is 2.26. The number of benzene rings is 1. The molecule has 0 saturated carbocycles. The number of hydrogen-bond acceptors (Lipinski definition) is 5. The van der Waals surface area contributed by atoms with Gasteiger partial charge in [0.1, 0.15) is 11.5 Å². The summed E-state index contributed by atoms with van der Waals surface area (Å²) >= 11 is 0. The summed E-state index contributed by atoms with van der Waals surface area (Å²) in [6, 6.07) is 1.53. The van der Waals surface area contributed by atoms with Gasteiger partial charge in [-0.05, 0) is 25.3 Å². The first kappa shape index (κ1) is 16.8. The van der Waals surface area contributed by atoms with Gasteiger partial charge in [-0.3, -0.25) is 14.9 Å². The molecule has 2 atom stereocenters. The fourth-order valence-corrected chi connectivity index (χ4v) is 1.97. The number of rotatable bonds is 6. The zero-order chi connectivity index (χ0) is 16.2. The number of halogens is 1. The standard InChI is InChI=1S/C13H18FN3O4/c1-7(3-8(2)18)6-16-13(19)10-4-9(14)5-11(12(10)15)17(20)21/h4-5,7-8,18H,3,6,15H2,1-2H3,(H,16,19). The van der Waals surface area contributed by atoms with Gasteiger partial charge < -0.3 is 16.2 Å². The van der Waals surface area contributed by atoms with Gasteiger partial charge in [-0.15, -0.1) is 0 Å². The summed E-state index contributed by atoms with van der Waals surface area (Å²) in [5, 5.41) is 22.5. The topological polar surface area (TPSA) is 118 Å². The Morgan fingerprint density at radius 3 is 2.67 bits per heavy atom. The Morgan fingerprint density at radius 1 is 1.52 bits per heavy atom. The van der Waals surface area contributed by atoms with E-state index in [1.54, 1.807) is 6.92 Å². The number of nitro groups is 1. The number of anilines is 1. The maximum Gasteiger partial charge on any atom is 0.295 e. The number of nitrogens with one attached hydrogen (secondary N) is 1. The Labute approximate surface area is 121 Å². The molecule has 0 aliphatic rings. The van der Waals surface area contributed by atoms with Gasteiger partial charge in [-0.1, -0.05) is 6.92 Å². The van der Waals surface area contributed by atoms with Crippen LogP contribution in [0.3, 0.4) is 0 Å². The number of carbonyl (C=O) groups is 1. The normalized spacial score (nSPS) is 13.5. The lowest BCUT2D eigenvalue weighted by Gasteiger charge is -2.14. The summed E-state index contributed by atoms with van der Waals surface area (Å²) in [6.07, 6.45) is -0.0174. The number of nitro benzene ring substituents is 1. The fraction of sp³-hybridized carbons (Fsp3) is 0.462. The molecule has 0 fully saturated rings. The smallest absolute Gasteiger partial charge is 0.295 e. The van der Waals surface area contributed by atoms with Crippen LogP contribution in [0.25, 0.3) is 0 Å². The van der Waals surface area contributed by atoms with Crippen molar-refractivity contribution < 1.29 is 19.2 Å². The van der Waals surface area contributed by atoms with Crippen LogP contribution in [0.15, 0.2) is 12.1 Å². The first-order valence-electron chi connectivity index (χ1n) is 6.42. The Bertz CT molecular complexity index is 548. The molecule has 1 aromatic rings. The first-order valence-corrected chi connectivity index (χ1v) is 6.42.